The molecule has 0 amide bonds. The molecular weight excluding hydrogens is 338 g/mol. The Balaban J connectivity index is 1.66. The minimum atomic E-state index is 0.653. The quantitative estimate of drug-likeness (QED) is 0.660. The maximum absolute atomic E-state index is 5.47. The number of nitrogens with zero attached hydrogens (tertiary/aromatic N) is 2. The third-order valence-corrected chi connectivity index (χ3v) is 4.84. The molecule has 1 N–H and O–H groups in total. The molecule has 5 heteroatoms. The Morgan fingerprint density at radius 2 is 1.81 bits per heavy atom. The van der Waals surface area contributed by atoms with Crippen LogP contribution in [0.25, 0.3) is 11.3 Å². The number of hydrogen-bond donors (Lipinski definition) is 1. The summed E-state index contributed by atoms with van der Waals surface area (Å²) in [7, 11) is 3.31. The fourth-order valence-corrected chi connectivity index (χ4v) is 3.21. The van der Waals surface area contributed by atoms with Gasteiger partial charge in [0.2, 0.25) is 0 Å². The Labute approximate surface area is 159 Å². The number of rotatable bonds is 8. The topological polar surface area (TPSA) is 48.3 Å². The first-order valence-corrected chi connectivity index (χ1v) is 9.33. The fourth-order valence-electron chi connectivity index (χ4n) is 3.21. The molecule has 0 bridgehead atoms. The van der Waals surface area contributed by atoms with Gasteiger partial charge in [-0.15, -0.1) is 0 Å². The third kappa shape index (κ3) is 4.14. The summed E-state index contributed by atoms with van der Waals surface area (Å²) >= 11 is 0. The van der Waals surface area contributed by atoms with E-state index in [4.69, 9.17) is 14.6 Å². The largest absolute Gasteiger partial charge is 0.493 e. The maximum Gasteiger partial charge on any atom is 0.161 e. The minimum Gasteiger partial charge on any atom is -0.493 e. The maximum atomic E-state index is 5.47. The minimum absolute atomic E-state index is 0.653. The van der Waals surface area contributed by atoms with Crippen molar-refractivity contribution in [3.05, 3.63) is 65.9 Å². The van der Waals surface area contributed by atoms with Gasteiger partial charge in [0.15, 0.2) is 11.5 Å². The molecule has 1 saturated carbocycles. The van der Waals surface area contributed by atoms with Crippen LogP contribution in [-0.4, -0.2) is 30.0 Å². The van der Waals surface area contributed by atoms with Crippen molar-refractivity contribution in [2.45, 2.75) is 32.0 Å². The molecule has 0 unspecified atom stereocenters. The van der Waals surface area contributed by atoms with Crippen LogP contribution in [0.3, 0.4) is 0 Å². The average molecular weight is 363 g/mol. The summed E-state index contributed by atoms with van der Waals surface area (Å²) in [4.78, 5) is 0. The van der Waals surface area contributed by atoms with Crippen LogP contribution in [0, 0.1) is 0 Å². The van der Waals surface area contributed by atoms with Crippen LogP contribution >= 0.6 is 0 Å². The second-order valence-corrected chi connectivity index (χ2v) is 6.91. The van der Waals surface area contributed by atoms with Crippen LogP contribution in [0.2, 0.25) is 0 Å². The van der Waals surface area contributed by atoms with E-state index in [0.29, 0.717) is 11.8 Å². The molecule has 0 atom stereocenters. The molecule has 2 aromatic carbocycles. The van der Waals surface area contributed by atoms with Crippen LogP contribution in [0.15, 0.2) is 54.7 Å². The standard InChI is InChI=1S/C22H25N3O2/c1-26-20-11-8-17(12-21(20)27-2)22-18(13-23-19-9-10-19)15-25(24-22)14-16-6-4-3-5-7-16/h3-8,11-12,15,19,23H,9-10,13-14H2,1-2H3. The number of ether oxygens (including phenoxy) is 2. The molecule has 0 spiro atoms. The van der Waals surface area contributed by atoms with Crippen molar-refractivity contribution in [3.8, 4) is 22.8 Å². The van der Waals surface area contributed by atoms with Crippen LogP contribution in [-0.2, 0) is 13.1 Å². The van der Waals surface area contributed by atoms with Crippen molar-refractivity contribution in [3.63, 3.8) is 0 Å². The first-order chi connectivity index (χ1) is 13.3. The third-order valence-electron chi connectivity index (χ3n) is 4.84. The van der Waals surface area contributed by atoms with E-state index >= 15 is 0 Å². The van der Waals surface area contributed by atoms with Crippen molar-refractivity contribution in [2.75, 3.05) is 14.2 Å². The van der Waals surface area contributed by atoms with Gasteiger partial charge in [0.05, 0.1) is 26.5 Å². The highest BCUT2D eigenvalue weighted by Gasteiger charge is 2.22. The number of methoxy groups -OCH3 is 2. The van der Waals surface area contributed by atoms with Crippen LogP contribution < -0.4 is 14.8 Å². The van der Waals surface area contributed by atoms with Gasteiger partial charge >= 0.3 is 0 Å². The van der Waals surface area contributed by atoms with Crippen molar-refractivity contribution in [2.24, 2.45) is 0 Å². The zero-order valence-electron chi connectivity index (χ0n) is 15.8. The van der Waals surface area contributed by atoms with Crippen LogP contribution in [0.4, 0.5) is 0 Å². The molecule has 5 nitrogen and oxygen atoms in total. The molecule has 27 heavy (non-hydrogen) atoms. The normalized spacial score (nSPS) is 13.6. The number of aromatic nitrogens is 2. The number of hydrogen-bond acceptors (Lipinski definition) is 4. The number of nitrogens with one attached hydrogen (secondary N) is 1. The monoisotopic (exact) mass is 363 g/mol. The SMILES string of the molecule is COc1ccc(-c2nn(Cc3ccccc3)cc2CNC2CC2)cc1OC. The predicted molar refractivity (Wildman–Crippen MR) is 106 cm³/mol. The summed E-state index contributed by atoms with van der Waals surface area (Å²) in [6.07, 6.45) is 4.68. The van der Waals surface area contributed by atoms with Crippen molar-refractivity contribution in [1.82, 2.24) is 15.1 Å². The Bertz CT molecular complexity index is 901. The zero-order valence-corrected chi connectivity index (χ0v) is 15.8. The Hall–Kier alpha value is -2.79. The summed E-state index contributed by atoms with van der Waals surface area (Å²) in [5.41, 5.74) is 4.46. The molecule has 1 fully saturated rings. The predicted octanol–water partition coefficient (Wildman–Crippen LogP) is 3.87. The molecule has 140 valence electrons. The van der Waals surface area contributed by atoms with E-state index in [1.54, 1.807) is 14.2 Å². The van der Waals surface area contributed by atoms with E-state index in [-0.39, 0.29) is 0 Å². The summed E-state index contributed by atoms with van der Waals surface area (Å²) in [6.45, 7) is 1.58. The van der Waals surface area contributed by atoms with Gasteiger partial charge in [-0.3, -0.25) is 4.68 Å². The van der Waals surface area contributed by atoms with Gasteiger partial charge < -0.3 is 14.8 Å². The van der Waals surface area contributed by atoms with Gasteiger partial charge in [0.1, 0.15) is 0 Å². The van der Waals surface area contributed by atoms with E-state index in [2.05, 4.69) is 35.8 Å². The molecule has 4 rings (SSSR count). The molecule has 1 aromatic heterocycles. The van der Waals surface area contributed by atoms with E-state index in [0.717, 1.165) is 30.1 Å². The lowest BCUT2D eigenvalue weighted by molar-refractivity contribution is 0.355. The molecule has 1 aliphatic rings. The lowest BCUT2D eigenvalue weighted by Crippen LogP contribution is -2.15. The van der Waals surface area contributed by atoms with Gasteiger partial charge in [0.25, 0.3) is 0 Å². The summed E-state index contributed by atoms with van der Waals surface area (Å²) in [5.74, 6) is 1.44. The second kappa shape index (κ2) is 7.84. The number of benzene rings is 2. The average Bonchev–Trinajstić information content (AvgIpc) is 3.46. The molecule has 1 heterocycles. The first kappa shape index (κ1) is 17.6. The molecule has 1 aliphatic carbocycles. The highest BCUT2D eigenvalue weighted by Crippen LogP contribution is 2.33. The van der Waals surface area contributed by atoms with Crippen LogP contribution in [0.5, 0.6) is 11.5 Å². The highest BCUT2D eigenvalue weighted by atomic mass is 16.5. The molecule has 0 saturated heterocycles. The molecule has 0 radical (unpaired) electrons. The second-order valence-electron chi connectivity index (χ2n) is 6.91. The van der Waals surface area contributed by atoms with Gasteiger partial charge in [-0.25, -0.2) is 0 Å². The highest BCUT2D eigenvalue weighted by molar-refractivity contribution is 5.66. The van der Waals surface area contributed by atoms with Crippen molar-refractivity contribution in [1.29, 1.82) is 0 Å². The van der Waals surface area contributed by atoms with Gasteiger partial charge in [-0.1, -0.05) is 30.3 Å². The van der Waals surface area contributed by atoms with E-state index in [1.807, 2.05) is 28.9 Å². The lowest BCUT2D eigenvalue weighted by atomic mass is 10.1. The lowest BCUT2D eigenvalue weighted by Gasteiger charge is -2.09. The van der Waals surface area contributed by atoms with Crippen LogP contribution in [0.1, 0.15) is 24.0 Å². The van der Waals surface area contributed by atoms with E-state index < -0.39 is 0 Å². The Morgan fingerprint density at radius 3 is 2.52 bits per heavy atom. The Morgan fingerprint density at radius 1 is 1.04 bits per heavy atom. The zero-order chi connectivity index (χ0) is 18.6. The molecular formula is C22H25N3O2. The summed E-state index contributed by atoms with van der Waals surface area (Å²) in [5, 5.41) is 8.49. The van der Waals surface area contributed by atoms with Gasteiger partial charge in [0, 0.05) is 29.9 Å². The summed E-state index contributed by atoms with van der Waals surface area (Å²) < 4.78 is 12.9. The summed E-state index contributed by atoms with van der Waals surface area (Å²) in [6, 6.07) is 17.0. The van der Waals surface area contributed by atoms with E-state index in [9.17, 15) is 0 Å². The van der Waals surface area contributed by atoms with Gasteiger partial charge in [-0.05, 0) is 36.6 Å². The first-order valence-electron chi connectivity index (χ1n) is 9.33. The smallest absolute Gasteiger partial charge is 0.161 e. The van der Waals surface area contributed by atoms with Gasteiger partial charge in [-0.2, -0.15) is 5.10 Å². The van der Waals surface area contributed by atoms with Crippen molar-refractivity contribution < 1.29 is 9.47 Å². The molecule has 0 aliphatic heterocycles. The molecule has 3 aromatic rings. The fraction of sp³-hybridized carbons (Fsp3) is 0.318. The van der Waals surface area contributed by atoms with E-state index in [1.165, 1.54) is 24.0 Å². The Kier molecular flexibility index (Phi) is 5.12. The van der Waals surface area contributed by atoms with Crippen molar-refractivity contribution >= 4 is 0 Å².